The number of aromatic carboxylic acids is 1. The van der Waals surface area contributed by atoms with Crippen molar-refractivity contribution in [3.05, 3.63) is 71.4 Å². The number of hydrogen-bond donors (Lipinski definition) is 3. The number of aromatic amines is 1. The summed E-state index contributed by atoms with van der Waals surface area (Å²) in [6.45, 7) is 2.00. The van der Waals surface area contributed by atoms with E-state index in [1.807, 2.05) is 12.1 Å². The van der Waals surface area contributed by atoms with Crippen LogP contribution < -0.4 is 5.32 Å². The third kappa shape index (κ3) is 4.11. The van der Waals surface area contributed by atoms with Gasteiger partial charge in [-0.05, 0) is 66.7 Å². The smallest absolute Gasteiger partial charge is 0.416 e. The first-order valence-corrected chi connectivity index (χ1v) is 9.78. The van der Waals surface area contributed by atoms with Crippen LogP contribution in [-0.4, -0.2) is 29.1 Å². The van der Waals surface area contributed by atoms with Crippen LogP contribution in [0.3, 0.4) is 0 Å². The molecule has 1 saturated heterocycles. The van der Waals surface area contributed by atoms with Gasteiger partial charge in [-0.3, -0.25) is 0 Å². The molecule has 156 valence electrons. The van der Waals surface area contributed by atoms with Gasteiger partial charge in [-0.25, -0.2) is 4.79 Å². The van der Waals surface area contributed by atoms with E-state index in [0.29, 0.717) is 22.7 Å². The van der Waals surface area contributed by atoms with Gasteiger partial charge < -0.3 is 15.4 Å². The van der Waals surface area contributed by atoms with Crippen molar-refractivity contribution in [2.75, 3.05) is 13.1 Å². The molecular formula is C23H21F3N2O2. The van der Waals surface area contributed by atoms with E-state index in [1.165, 1.54) is 17.7 Å². The van der Waals surface area contributed by atoms with Crippen LogP contribution in [-0.2, 0) is 6.18 Å². The Hall–Kier alpha value is -3.06. The first-order chi connectivity index (χ1) is 14.3. The third-order valence-corrected chi connectivity index (χ3v) is 5.59. The molecule has 2 aromatic carbocycles. The fraction of sp³-hybridized carbons (Fsp3) is 0.261. The van der Waals surface area contributed by atoms with Gasteiger partial charge in [0.2, 0.25) is 0 Å². The number of aromatic nitrogens is 1. The van der Waals surface area contributed by atoms with Crippen molar-refractivity contribution in [2.24, 2.45) is 0 Å². The van der Waals surface area contributed by atoms with E-state index < -0.39 is 17.7 Å². The Labute approximate surface area is 171 Å². The lowest BCUT2D eigenvalue weighted by Gasteiger charge is -2.23. The van der Waals surface area contributed by atoms with Gasteiger partial charge in [-0.15, -0.1) is 0 Å². The average molecular weight is 414 g/mol. The number of carbonyl (C=O) groups is 1. The highest BCUT2D eigenvalue weighted by Gasteiger charge is 2.30. The number of carboxylic acids is 1. The first-order valence-electron chi connectivity index (χ1n) is 9.78. The topological polar surface area (TPSA) is 65.1 Å². The lowest BCUT2D eigenvalue weighted by molar-refractivity contribution is -0.137. The summed E-state index contributed by atoms with van der Waals surface area (Å²) in [5.41, 5.74) is 2.64. The predicted octanol–water partition coefficient (Wildman–Crippen LogP) is 5.53. The van der Waals surface area contributed by atoms with Gasteiger partial charge in [0.05, 0.1) is 5.56 Å². The van der Waals surface area contributed by atoms with E-state index >= 15 is 0 Å². The number of benzene rings is 2. The van der Waals surface area contributed by atoms with Gasteiger partial charge in [-0.1, -0.05) is 36.4 Å². The molecule has 1 aromatic heterocycles. The maximum atomic E-state index is 12.8. The molecule has 0 aliphatic carbocycles. The normalized spacial score (nSPS) is 15.3. The maximum absolute atomic E-state index is 12.8. The maximum Gasteiger partial charge on any atom is 0.416 e. The summed E-state index contributed by atoms with van der Waals surface area (Å²) < 4.78 is 38.5. The number of H-pyrrole nitrogens is 1. The van der Waals surface area contributed by atoms with Crippen molar-refractivity contribution < 1.29 is 23.1 Å². The molecular weight excluding hydrogens is 393 g/mol. The van der Waals surface area contributed by atoms with Gasteiger partial charge >= 0.3 is 12.1 Å². The van der Waals surface area contributed by atoms with Crippen molar-refractivity contribution in [3.63, 3.8) is 0 Å². The molecule has 0 saturated carbocycles. The fourth-order valence-electron chi connectivity index (χ4n) is 3.94. The summed E-state index contributed by atoms with van der Waals surface area (Å²) >= 11 is 0. The van der Waals surface area contributed by atoms with Gasteiger partial charge in [0.1, 0.15) is 5.69 Å². The van der Waals surface area contributed by atoms with Gasteiger partial charge in [0, 0.05) is 11.3 Å². The highest BCUT2D eigenvalue weighted by atomic mass is 19.4. The SMILES string of the molecule is O=C(O)c1[nH]c(-c2ccc(C3CCNCC3)cc2)cc1-c1ccc(C(F)(F)F)cc1. The monoisotopic (exact) mass is 414 g/mol. The molecule has 1 fully saturated rings. The van der Waals surface area contributed by atoms with E-state index in [2.05, 4.69) is 22.4 Å². The van der Waals surface area contributed by atoms with E-state index in [9.17, 15) is 23.1 Å². The number of hydrogen-bond acceptors (Lipinski definition) is 2. The number of alkyl halides is 3. The molecule has 30 heavy (non-hydrogen) atoms. The molecule has 4 rings (SSSR count). The zero-order valence-electron chi connectivity index (χ0n) is 16.1. The standard InChI is InChI=1S/C23H21F3N2O2/c24-23(25,26)18-7-5-16(6-8-18)19-13-20(28-21(19)22(29)30)17-3-1-14(2-4-17)15-9-11-27-12-10-15/h1-8,13,15,27-28H,9-12H2,(H,29,30). The Kier molecular flexibility index (Phi) is 5.39. The summed E-state index contributed by atoms with van der Waals surface area (Å²) in [4.78, 5) is 14.6. The van der Waals surface area contributed by atoms with Crippen molar-refractivity contribution in [2.45, 2.75) is 24.9 Å². The van der Waals surface area contributed by atoms with Crippen molar-refractivity contribution in [1.82, 2.24) is 10.3 Å². The van der Waals surface area contributed by atoms with E-state index in [0.717, 1.165) is 43.6 Å². The molecule has 1 aliphatic rings. The fourth-order valence-corrected chi connectivity index (χ4v) is 3.94. The van der Waals surface area contributed by atoms with Crippen molar-refractivity contribution >= 4 is 5.97 Å². The molecule has 0 amide bonds. The van der Waals surface area contributed by atoms with E-state index in [4.69, 9.17) is 0 Å². The average Bonchev–Trinajstić information content (AvgIpc) is 3.20. The van der Waals surface area contributed by atoms with Crippen LogP contribution in [0, 0.1) is 0 Å². The minimum absolute atomic E-state index is 0.0489. The van der Waals surface area contributed by atoms with Crippen LogP contribution in [0.4, 0.5) is 13.2 Å². The van der Waals surface area contributed by atoms with Crippen molar-refractivity contribution in [3.8, 4) is 22.4 Å². The van der Waals surface area contributed by atoms with E-state index in [1.54, 1.807) is 6.07 Å². The highest BCUT2D eigenvalue weighted by Crippen LogP contribution is 2.34. The second-order valence-electron chi connectivity index (χ2n) is 7.50. The molecule has 0 bridgehead atoms. The summed E-state index contributed by atoms with van der Waals surface area (Å²) in [6, 6.07) is 14.2. The van der Waals surface area contributed by atoms with Crippen LogP contribution in [0.25, 0.3) is 22.4 Å². The van der Waals surface area contributed by atoms with Crippen molar-refractivity contribution in [1.29, 1.82) is 0 Å². The number of carboxylic acid groups (broad SMARTS) is 1. The van der Waals surface area contributed by atoms with Crippen LogP contribution in [0.1, 0.15) is 40.4 Å². The quantitative estimate of drug-likeness (QED) is 0.526. The molecule has 0 spiro atoms. The minimum Gasteiger partial charge on any atom is -0.477 e. The molecule has 4 nitrogen and oxygen atoms in total. The van der Waals surface area contributed by atoms with Gasteiger partial charge in [0.15, 0.2) is 0 Å². The first kappa shape index (κ1) is 20.2. The third-order valence-electron chi connectivity index (χ3n) is 5.59. The predicted molar refractivity (Wildman–Crippen MR) is 108 cm³/mol. The second kappa shape index (κ2) is 7.99. The van der Waals surface area contributed by atoms with Gasteiger partial charge in [0.25, 0.3) is 0 Å². The molecule has 0 unspecified atom stereocenters. The Balaban J connectivity index is 1.65. The molecule has 1 aliphatic heterocycles. The molecule has 0 atom stereocenters. The van der Waals surface area contributed by atoms with E-state index in [-0.39, 0.29) is 5.69 Å². The van der Waals surface area contributed by atoms with Crippen LogP contribution in [0.2, 0.25) is 0 Å². The summed E-state index contributed by atoms with van der Waals surface area (Å²) in [5, 5.41) is 12.9. The molecule has 0 radical (unpaired) electrons. The molecule has 3 N–H and O–H groups in total. The Bertz CT molecular complexity index is 1030. The second-order valence-corrected chi connectivity index (χ2v) is 7.50. The zero-order chi connectivity index (χ0) is 21.3. The molecule has 2 heterocycles. The summed E-state index contributed by atoms with van der Waals surface area (Å²) in [7, 11) is 0. The van der Waals surface area contributed by atoms with Crippen LogP contribution >= 0.6 is 0 Å². The number of halogens is 3. The number of rotatable bonds is 4. The Morgan fingerprint density at radius 3 is 2.10 bits per heavy atom. The summed E-state index contributed by atoms with van der Waals surface area (Å²) in [5.74, 6) is -0.649. The Morgan fingerprint density at radius 2 is 1.53 bits per heavy atom. The number of nitrogens with one attached hydrogen (secondary N) is 2. The van der Waals surface area contributed by atoms with Crippen LogP contribution in [0.15, 0.2) is 54.6 Å². The van der Waals surface area contributed by atoms with Crippen LogP contribution in [0.5, 0.6) is 0 Å². The number of piperidine rings is 1. The minimum atomic E-state index is -4.44. The lowest BCUT2D eigenvalue weighted by Crippen LogP contribution is -2.26. The lowest BCUT2D eigenvalue weighted by atomic mass is 9.89. The molecule has 7 heteroatoms. The highest BCUT2D eigenvalue weighted by molar-refractivity contribution is 5.96. The molecule has 3 aromatic rings. The summed E-state index contributed by atoms with van der Waals surface area (Å²) in [6.07, 6.45) is -2.26. The zero-order valence-corrected chi connectivity index (χ0v) is 16.1. The Morgan fingerprint density at radius 1 is 0.933 bits per heavy atom. The largest absolute Gasteiger partial charge is 0.477 e. The van der Waals surface area contributed by atoms with Gasteiger partial charge in [-0.2, -0.15) is 13.2 Å².